The van der Waals surface area contributed by atoms with Crippen LogP contribution in [0.4, 0.5) is 0 Å². The van der Waals surface area contributed by atoms with Crippen molar-refractivity contribution in [2.24, 2.45) is 0 Å². The molecule has 0 aliphatic heterocycles. The van der Waals surface area contributed by atoms with Gasteiger partial charge in [-0.1, -0.05) is 25.1 Å². The van der Waals surface area contributed by atoms with Gasteiger partial charge < -0.3 is 14.1 Å². The number of furan rings is 1. The predicted molar refractivity (Wildman–Crippen MR) is 129 cm³/mol. The molecule has 164 valence electrons. The number of amides is 1. The molecule has 4 aromatic rings. The minimum atomic E-state index is 0.0656. The lowest BCUT2D eigenvalue weighted by atomic mass is 10.0. The molecule has 6 heteroatoms. The average molecular weight is 447 g/mol. The SMILES string of the molecule is CCC(=O)N(Cc1ccco1)Cc1cc2ccc(SC)cc2nc1-c1cccc(OC)c1. The van der Waals surface area contributed by atoms with Gasteiger partial charge in [0.05, 0.1) is 31.1 Å². The number of rotatable bonds is 8. The van der Waals surface area contributed by atoms with E-state index >= 15 is 0 Å². The molecule has 0 unspecified atom stereocenters. The molecule has 0 saturated heterocycles. The molecule has 0 fully saturated rings. The van der Waals surface area contributed by atoms with Crippen molar-refractivity contribution >= 4 is 28.6 Å². The molecule has 2 aromatic carbocycles. The Morgan fingerprint density at radius 1 is 1.09 bits per heavy atom. The third-order valence-corrected chi connectivity index (χ3v) is 6.12. The summed E-state index contributed by atoms with van der Waals surface area (Å²) in [7, 11) is 1.66. The first-order valence-corrected chi connectivity index (χ1v) is 11.8. The van der Waals surface area contributed by atoms with Gasteiger partial charge in [-0.25, -0.2) is 4.98 Å². The van der Waals surface area contributed by atoms with Gasteiger partial charge in [-0.05, 0) is 54.3 Å². The van der Waals surface area contributed by atoms with Gasteiger partial charge in [0, 0.05) is 28.8 Å². The Hall–Kier alpha value is -3.25. The quantitative estimate of drug-likeness (QED) is 0.303. The van der Waals surface area contributed by atoms with Crippen LogP contribution < -0.4 is 4.74 Å². The minimum absolute atomic E-state index is 0.0656. The van der Waals surface area contributed by atoms with Crippen LogP contribution in [0.25, 0.3) is 22.2 Å². The number of carbonyl (C=O) groups is 1. The molecular formula is C26H26N2O3S. The summed E-state index contributed by atoms with van der Waals surface area (Å²) in [6.07, 6.45) is 4.11. The maximum Gasteiger partial charge on any atom is 0.222 e. The zero-order valence-electron chi connectivity index (χ0n) is 18.5. The lowest BCUT2D eigenvalue weighted by Gasteiger charge is -2.23. The Bertz CT molecular complexity index is 1220. The second-order valence-electron chi connectivity index (χ2n) is 7.47. The number of hydrogen-bond acceptors (Lipinski definition) is 5. The maximum absolute atomic E-state index is 12.8. The van der Waals surface area contributed by atoms with Gasteiger partial charge in [0.1, 0.15) is 11.5 Å². The first-order valence-electron chi connectivity index (χ1n) is 10.5. The molecule has 0 saturated carbocycles. The molecule has 32 heavy (non-hydrogen) atoms. The van der Waals surface area contributed by atoms with Crippen molar-refractivity contribution in [2.45, 2.75) is 31.3 Å². The zero-order chi connectivity index (χ0) is 22.5. The summed E-state index contributed by atoms with van der Waals surface area (Å²) in [6, 6.07) is 20.0. The van der Waals surface area contributed by atoms with E-state index in [9.17, 15) is 4.79 Å². The van der Waals surface area contributed by atoms with E-state index in [2.05, 4.69) is 30.5 Å². The number of thioether (sulfide) groups is 1. The smallest absolute Gasteiger partial charge is 0.222 e. The van der Waals surface area contributed by atoms with E-state index in [1.165, 1.54) is 0 Å². The maximum atomic E-state index is 12.8. The van der Waals surface area contributed by atoms with E-state index in [-0.39, 0.29) is 5.91 Å². The summed E-state index contributed by atoms with van der Waals surface area (Å²) in [5.41, 5.74) is 3.72. The van der Waals surface area contributed by atoms with Gasteiger partial charge in [-0.3, -0.25) is 4.79 Å². The Balaban J connectivity index is 1.82. The number of ether oxygens (including phenoxy) is 1. The fourth-order valence-electron chi connectivity index (χ4n) is 3.71. The highest BCUT2D eigenvalue weighted by Crippen LogP contribution is 2.31. The van der Waals surface area contributed by atoms with Gasteiger partial charge in [0.15, 0.2) is 0 Å². The number of carbonyl (C=O) groups excluding carboxylic acids is 1. The van der Waals surface area contributed by atoms with Gasteiger partial charge in [-0.15, -0.1) is 11.8 Å². The number of pyridine rings is 1. The third kappa shape index (κ3) is 4.81. The van der Waals surface area contributed by atoms with Crippen LogP contribution in [0.1, 0.15) is 24.7 Å². The molecular weight excluding hydrogens is 420 g/mol. The normalized spacial score (nSPS) is 11.0. The minimum Gasteiger partial charge on any atom is -0.497 e. The van der Waals surface area contributed by atoms with E-state index in [1.54, 1.807) is 25.1 Å². The molecule has 1 amide bonds. The lowest BCUT2D eigenvalue weighted by molar-refractivity contribution is -0.132. The summed E-state index contributed by atoms with van der Waals surface area (Å²) in [5.74, 6) is 1.59. The van der Waals surface area contributed by atoms with Crippen LogP contribution in [-0.2, 0) is 17.9 Å². The molecule has 0 atom stereocenters. The molecule has 0 spiro atoms. The number of fused-ring (bicyclic) bond motifs is 1. The highest BCUT2D eigenvalue weighted by Gasteiger charge is 2.18. The molecule has 0 aliphatic rings. The lowest BCUT2D eigenvalue weighted by Crippen LogP contribution is -2.29. The van der Waals surface area contributed by atoms with Crippen LogP contribution in [0, 0.1) is 0 Å². The van der Waals surface area contributed by atoms with Crippen molar-refractivity contribution in [3.8, 4) is 17.0 Å². The average Bonchev–Trinajstić information content (AvgIpc) is 3.35. The van der Waals surface area contributed by atoms with Crippen LogP contribution in [0.3, 0.4) is 0 Å². The van der Waals surface area contributed by atoms with Crippen molar-refractivity contribution < 1.29 is 13.9 Å². The van der Waals surface area contributed by atoms with Crippen LogP contribution in [0.2, 0.25) is 0 Å². The summed E-state index contributed by atoms with van der Waals surface area (Å²) in [5, 5.41) is 1.05. The van der Waals surface area contributed by atoms with Gasteiger partial charge in [0.2, 0.25) is 5.91 Å². The monoisotopic (exact) mass is 446 g/mol. The Morgan fingerprint density at radius 2 is 1.97 bits per heavy atom. The van der Waals surface area contributed by atoms with E-state index in [0.717, 1.165) is 44.1 Å². The second kappa shape index (κ2) is 9.92. The molecule has 0 aliphatic carbocycles. The van der Waals surface area contributed by atoms with E-state index in [0.29, 0.717) is 19.5 Å². The van der Waals surface area contributed by atoms with Crippen molar-refractivity contribution in [2.75, 3.05) is 13.4 Å². The topological polar surface area (TPSA) is 55.6 Å². The third-order valence-electron chi connectivity index (χ3n) is 5.39. The predicted octanol–water partition coefficient (Wildman–Crippen LogP) is 6.16. The largest absolute Gasteiger partial charge is 0.497 e. The summed E-state index contributed by atoms with van der Waals surface area (Å²) < 4.78 is 10.9. The van der Waals surface area contributed by atoms with Crippen LogP contribution in [0.5, 0.6) is 5.75 Å². The number of hydrogen-bond donors (Lipinski definition) is 0. The number of methoxy groups -OCH3 is 1. The number of nitrogens with zero attached hydrogens (tertiary/aromatic N) is 2. The molecule has 0 N–H and O–H groups in total. The molecule has 0 bridgehead atoms. The molecule has 2 aromatic heterocycles. The molecule has 2 heterocycles. The Morgan fingerprint density at radius 3 is 2.69 bits per heavy atom. The first kappa shape index (κ1) is 22.0. The van der Waals surface area contributed by atoms with Crippen LogP contribution in [0.15, 0.2) is 76.2 Å². The molecule has 4 rings (SSSR count). The molecule has 0 radical (unpaired) electrons. The highest BCUT2D eigenvalue weighted by atomic mass is 32.2. The highest BCUT2D eigenvalue weighted by molar-refractivity contribution is 7.98. The second-order valence-corrected chi connectivity index (χ2v) is 8.35. The van der Waals surface area contributed by atoms with Crippen LogP contribution >= 0.6 is 11.8 Å². The van der Waals surface area contributed by atoms with Crippen molar-refractivity contribution in [3.05, 3.63) is 78.3 Å². The number of benzene rings is 2. The fourth-order valence-corrected chi connectivity index (χ4v) is 4.14. The Kier molecular flexibility index (Phi) is 6.81. The Labute approximate surface area is 192 Å². The summed E-state index contributed by atoms with van der Waals surface area (Å²) >= 11 is 1.69. The molecule has 5 nitrogen and oxygen atoms in total. The fraction of sp³-hybridized carbons (Fsp3) is 0.231. The van der Waals surface area contributed by atoms with Crippen molar-refractivity contribution in [3.63, 3.8) is 0 Å². The van der Waals surface area contributed by atoms with E-state index in [4.69, 9.17) is 14.1 Å². The van der Waals surface area contributed by atoms with Crippen LogP contribution in [-0.4, -0.2) is 29.2 Å². The van der Waals surface area contributed by atoms with Gasteiger partial charge >= 0.3 is 0 Å². The van der Waals surface area contributed by atoms with E-state index < -0.39 is 0 Å². The van der Waals surface area contributed by atoms with Gasteiger partial charge in [-0.2, -0.15) is 0 Å². The number of aromatic nitrogens is 1. The van der Waals surface area contributed by atoms with Crippen molar-refractivity contribution in [1.29, 1.82) is 0 Å². The van der Waals surface area contributed by atoms with Crippen molar-refractivity contribution in [1.82, 2.24) is 9.88 Å². The van der Waals surface area contributed by atoms with Gasteiger partial charge in [0.25, 0.3) is 0 Å². The standard InChI is InChI=1S/C26H26N2O3S/c1-4-25(29)28(17-22-9-6-12-31-22)16-20-13-18-10-11-23(32-3)15-24(18)27-26(20)19-7-5-8-21(14-19)30-2/h5-15H,4,16-17H2,1-3H3. The zero-order valence-corrected chi connectivity index (χ0v) is 19.3. The summed E-state index contributed by atoms with van der Waals surface area (Å²) in [4.78, 5) is 20.8. The van der Waals surface area contributed by atoms with E-state index in [1.807, 2.05) is 48.2 Å². The summed E-state index contributed by atoms with van der Waals surface area (Å²) in [6.45, 7) is 2.73. The first-order chi connectivity index (χ1) is 15.6.